The zero-order chi connectivity index (χ0) is 19.7. The van der Waals surface area contributed by atoms with Gasteiger partial charge < -0.3 is 14.6 Å². The highest BCUT2D eigenvalue weighted by Gasteiger charge is 2.59. The highest BCUT2D eigenvalue weighted by atomic mass is 16.3. The number of furan rings is 1. The average molecular weight is 383 g/mol. The summed E-state index contributed by atoms with van der Waals surface area (Å²) in [6.45, 7) is 6.74. The van der Waals surface area contributed by atoms with Crippen LogP contribution in [0.4, 0.5) is 0 Å². The summed E-state index contributed by atoms with van der Waals surface area (Å²) in [5, 5.41) is 21.4. The molecule has 0 bridgehead atoms. The smallest absolute Gasteiger partial charge is 0.127 e. The second-order valence-corrected chi connectivity index (χ2v) is 10.5. The van der Waals surface area contributed by atoms with Crippen LogP contribution in [0.1, 0.15) is 70.3 Å². The first kappa shape index (κ1) is 18.7. The van der Waals surface area contributed by atoms with Gasteiger partial charge in [-0.25, -0.2) is 0 Å². The molecule has 28 heavy (non-hydrogen) atoms. The second kappa shape index (κ2) is 6.34. The molecule has 5 rings (SSSR count). The number of hydrogen-bond acceptors (Lipinski definition) is 3. The molecule has 0 radical (unpaired) electrons. The van der Waals surface area contributed by atoms with Crippen LogP contribution in [0.5, 0.6) is 0 Å². The maximum atomic E-state index is 11.3. The molecule has 4 aliphatic rings. The molecular formula is C25H34O3. The molecule has 0 aromatic carbocycles. The van der Waals surface area contributed by atoms with Gasteiger partial charge in [0.25, 0.3) is 0 Å². The van der Waals surface area contributed by atoms with E-state index in [1.54, 1.807) is 0 Å². The largest absolute Gasteiger partial charge is 0.462 e. The minimum atomic E-state index is -0.366. The lowest BCUT2D eigenvalue weighted by Crippen LogP contribution is -2.51. The Morgan fingerprint density at radius 3 is 2.64 bits per heavy atom. The van der Waals surface area contributed by atoms with Crippen molar-refractivity contribution >= 4 is 6.08 Å². The van der Waals surface area contributed by atoms with Crippen LogP contribution in [0.25, 0.3) is 6.08 Å². The topological polar surface area (TPSA) is 53.6 Å². The van der Waals surface area contributed by atoms with Crippen LogP contribution in [0.2, 0.25) is 0 Å². The zero-order valence-electron chi connectivity index (χ0n) is 17.4. The van der Waals surface area contributed by atoms with Crippen molar-refractivity contribution in [3.05, 3.63) is 40.9 Å². The fraction of sp³-hybridized carbons (Fsp3) is 0.680. The Morgan fingerprint density at radius 1 is 1.07 bits per heavy atom. The van der Waals surface area contributed by atoms with Crippen LogP contribution >= 0.6 is 0 Å². The molecule has 1 aromatic heterocycles. The summed E-state index contributed by atoms with van der Waals surface area (Å²) < 4.78 is 5.76. The summed E-state index contributed by atoms with van der Waals surface area (Å²) in [5.74, 6) is 3.65. The SMILES string of the molecule is Cc1ccc(/C=C2\C[C@@H]3[C@H]4CC=C5C[C@@H](O)CC[C@]5(C)[C@@H]4CC[C@@]3(C)[C@H]2O)o1. The van der Waals surface area contributed by atoms with E-state index in [9.17, 15) is 10.2 Å². The molecule has 0 aliphatic heterocycles. The van der Waals surface area contributed by atoms with Crippen LogP contribution in [-0.4, -0.2) is 22.4 Å². The number of hydrogen-bond donors (Lipinski definition) is 2. The Bertz CT molecular complexity index is 833. The van der Waals surface area contributed by atoms with Gasteiger partial charge in [0.05, 0.1) is 12.2 Å². The van der Waals surface area contributed by atoms with Crippen LogP contribution in [0.3, 0.4) is 0 Å². The van der Waals surface area contributed by atoms with Gasteiger partial charge in [-0.1, -0.05) is 25.5 Å². The van der Waals surface area contributed by atoms with Gasteiger partial charge in [-0.15, -0.1) is 0 Å². The summed E-state index contributed by atoms with van der Waals surface area (Å²) in [6, 6.07) is 4.00. The van der Waals surface area contributed by atoms with E-state index < -0.39 is 0 Å². The van der Waals surface area contributed by atoms with Crippen LogP contribution in [0.15, 0.2) is 33.8 Å². The van der Waals surface area contributed by atoms with Gasteiger partial charge in [-0.2, -0.15) is 0 Å². The second-order valence-electron chi connectivity index (χ2n) is 10.5. The van der Waals surface area contributed by atoms with E-state index in [0.717, 1.165) is 55.6 Å². The maximum Gasteiger partial charge on any atom is 0.127 e. The molecule has 0 saturated heterocycles. The van der Waals surface area contributed by atoms with Gasteiger partial charge in [0, 0.05) is 5.41 Å². The van der Waals surface area contributed by atoms with Gasteiger partial charge in [0.2, 0.25) is 0 Å². The number of allylic oxidation sites excluding steroid dienone is 1. The molecule has 0 amide bonds. The predicted octanol–water partition coefficient (Wildman–Crippen LogP) is 5.27. The van der Waals surface area contributed by atoms with Crippen molar-refractivity contribution in [2.24, 2.45) is 28.6 Å². The summed E-state index contributed by atoms with van der Waals surface area (Å²) in [5.41, 5.74) is 2.89. The summed E-state index contributed by atoms with van der Waals surface area (Å²) >= 11 is 0. The average Bonchev–Trinajstić information content (AvgIpc) is 3.18. The number of aliphatic hydroxyl groups excluding tert-OH is 2. The fourth-order valence-electron chi connectivity index (χ4n) is 7.35. The Labute approximate surface area is 168 Å². The van der Waals surface area contributed by atoms with E-state index in [4.69, 9.17) is 4.42 Å². The molecule has 4 aliphatic carbocycles. The third-order valence-electron chi connectivity index (χ3n) is 9.04. The minimum Gasteiger partial charge on any atom is -0.462 e. The molecule has 152 valence electrons. The molecular weight excluding hydrogens is 348 g/mol. The number of rotatable bonds is 1. The standard InChI is InChI=1S/C25H34O3/c1-15-4-6-19(28-15)12-16-13-22-20-7-5-17-14-18(26)8-10-24(17,2)21(20)9-11-25(22,3)23(16)27/h4-6,12,18,20-23,26-27H,7-11,13-14H2,1-3H3/b16-12+/t18-,20-,21+,22+,23-,24-,25+/m0/s1. The van der Waals surface area contributed by atoms with E-state index in [2.05, 4.69) is 26.0 Å². The highest BCUT2D eigenvalue weighted by Crippen LogP contribution is 2.65. The molecule has 7 atom stereocenters. The van der Waals surface area contributed by atoms with Crippen molar-refractivity contribution in [2.75, 3.05) is 0 Å². The van der Waals surface area contributed by atoms with Crippen molar-refractivity contribution in [3.8, 4) is 0 Å². The third kappa shape index (κ3) is 2.62. The van der Waals surface area contributed by atoms with E-state index in [0.29, 0.717) is 17.8 Å². The summed E-state index contributed by atoms with van der Waals surface area (Å²) in [4.78, 5) is 0. The Hall–Kier alpha value is -1.32. The molecule has 1 heterocycles. The predicted molar refractivity (Wildman–Crippen MR) is 111 cm³/mol. The monoisotopic (exact) mass is 382 g/mol. The first-order valence-corrected chi connectivity index (χ1v) is 11.1. The van der Waals surface area contributed by atoms with E-state index >= 15 is 0 Å². The molecule has 0 spiro atoms. The van der Waals surface area contributed by atoms with Gasteiger partial charge in [-0.3, -0.25) is 0 Å². The number of fused-ring (bicyclic) bond motifs is 5. The summed E-state index contributed by atoms with van der Waals surface area (Å²) in [6.07, 6.45) is 11.4. The van der Waals surface area contributed by atoms with Crippen molar-refractivity contribution in [2.45, 2.75) is 77.9 Å². The maximum absolute atomic E-state index is 11.3. The van der Waals surface area contributed by atoms with Gasteiger partial charge in [-0.05, 0) is 98.8 Å². The molecule has 3 saturated carbocycles. The Morgan fingerprint density at radius 2 is 1.89 bits per heavy atom. The van der Waals surface area contributed by atoms with E-state index in [1.165, 1.54) is 12.0 Å². The summed E-state index contributed by atoms with van der Waals surface area (Å²) in [7, 11) is 0. The van der Waals surface area contributed by atoms with E-state index in [-0.39, 0.29) is 23.0 Å². The van der Waals surface area contributed by atoms with Crippen LogP contribution < -0.4 is 0 Å². The zero-order valence-corrected chi connectivity index (χ0v) is 17.4. The molecule has 3 fully saturated rings. The lowest BCUT2D eigenvalue weighted by atomic mass is 9.48. The lowest BCUT2D eigenvalue weighted by molar-refractivity contribution is -0.0685. The highest BCUT2D eigenvalue weighted by molar-refractivity contribution is 5.51. The van der Waals surface area contributed by atoms with Gasteiger partial charge in [0.15, 0.2) is 0 Å². The Balaban J connectivity index is 1.47. The molecule has 2 N–H and O–H groups in total. The minimum absolute atomic E-state index is 0.0233. The van der Waals surface area contributed by atoms with Gasteiger partial charge >= 0.3 is 0 Å². The van der Waals surface area contributed by atoms with Crippen molar-refractivity contribution in [3.63, 3.8) is 0 Å². The number of aryl methyl sites for hydroxylation is 1. The van der Waals surface area contributed by atoms with Crippen molar-refractivity contribution in [1.82, 2.24) is 0 Å². The van der Waals surface area contributed by atoms with E-state index in [1.807, 2.05) is 19.1 Å². The normalized spacial score (nSPS) is 46.7. The van der Waals surface area contributed by atoms with Crippen LogP contribution in [0, 0.1) is 35.5 Å². The third-order valence-corrected chi connectivity index (χ3v) is 9.04. The quantitative estimate of drug-likeness (QED) is 0.651. The molecule has 3 heteroatoms. The first-order chi connectivity index (χ1) is 13.3. The van der Waals surface area contributed by atoms with Crippen molar-refractivity contribution in [1.29, 1.82) is 0 Å². The molecule has 1 aromatic rings. The van der Waals surface area contributed by atoms with Gasteiger partial charge in [0.1, 0.15) is 11.5 Å². The first-order valence-electron chi connectivity index (χ1n) is 11.1. The lowest BCUT2D eigenvalue weighted by Gasteiger charge is -2.57. The molecule has 3 nitrogen and oxygen atoms in total. The fourth-order valence-corrected chi connectivity index (χ4v) is 7.35. The Kier molecular flexibility index (Phi) is 4.23. The van der Waals surface area contributed by atoms with Crippen molar-refractivity contribution < 1.29 is 14.6 Å². The van der Waals surface area contributed by atoms with Crippen LogP contribution in [-0.2, 0) is 0 Å². The molecule has 0 unspecified atom stereocenters. The number of aliphatic hydroxyl groups is 2.